The van der Waals surface area contributed by atoms with Crippen molar-refractivity contribution in [2.75, 3.05) is 0 Å². The van der Waals surface area contributed by atoms with E-state index in [0.717, 1.165) is 6.08 Å². The Morgan fingerprint density at radius 3 is 2.00 bits per heavy atom. The molecular weight excluding hydrogens is 218 g/mol. The van der Waals surface area contributed by atoms with Crippen molar-refractivity contribution in [3.05, 3.63) is 12.7 Å². The molecule has 0 spiro atoms. The molecule has 0 saturated heterocycles. The van der Waals surface area contributed by atoms with Crippen LogP contribution in [0.5, 0.6) is 0 Å². The molecule has 0 aromatic heterocycles. The molecule has 0 atom stereocenters. The topological polar surface area (TPSA) is 136 Å². The Labute approximate surface area is 92.3 Å². The summed E-state index contributed by atoms with van der Waals surface area (Å²) in [7, 11) is 0. The fourth-order valence-electron chi connectivity index (χ4n) is 1.01. The molecule has 7 nitrogen and oxygen atoms in total. The molecule has 0 aliphatic rings. The Hall–Kier alpha value is -1.89. The van der Waals surface area contributed by atoms with Crippen molar-refractivity contribution < 1.29 is 29.3 Å². The van der Waals surface area contributed by atoms with Crippen LogP contribution in [0.4, 0.5) is 0 Å². The Balaban J connectivity index is 0. The van der Waals surface area contributed by atoms with Gasteiger partial charge in [-0.25, -0.2) is 14.4 Å². The van der Waals surface area contributed by atoms with Gasteiger partial charge in [-0.3, -0.25) is 0 Å². The molecule has 0 aliphatic carbocycles. The number of carbonyl (C=O) groups is 3. The van der Waals surface area contributed by atoms with Gasteiger partial charge in [-0.05, 0) is 0 Å². The second kappa shape index (κ2) is 6.57. The number of aliphatic carboxylic acids is 2. The van der Waals surface area contributed by atoms with Crippen LogP contribution in [0.2, 0.25) is 0 Å². The van der Waals surface area contributed by atoms with Crippen LogP contribution in [0.3, 0.4) is 0 Å². The van der Waals surface area contributed by atoms with Gasteiger partial charge in [-0.1, -0.05) is 19.9 Å². The van der Waals surface area contributed by atoms with Crippen molar-refractivity contribution in [3.8, 4) is 0 Å². The second-order valence-corrected chi connectivity index (χ2v) is 2.81. The molecule has 0 unspecified atom stereocenters. The predicted molar refractivity (Wildman–Crippen MR) is 54.2 cm³/mol. The molecule has 0 aliphatic heterocycles. The first-order valence-corrected chi connectivity index (χ1v) is 4.23. The zero-order valence-electron chi connectivity index (χ0n) is 8.93. The molecule has 7 heteroatoms. The van der Waals surface area contributed by atoms with E-state index >= 15 is 0 Å². The Kier molecular flexibility index (Phi) is 6.79. The zero-order chi connectivity index (χ0) is 12.1. The molecule has 16 heavy (non-hydrogen) atoms. The van der Waals surface area contributed by atoms with Crippen molar-refractivity contribution in [1.29, 1.82) is 0 Å². The van der Waals surface area contributed by atoms with Gasteiger partial charge in [0.1, 0.15) is 0 Å². The molecule has 0 radical (unpaired) electrons. The minimum Gasteiger partial charge on any atom is -0.478 e. The van der Waals surface area contributed by atoms with Gasteiger partial charge in [-0.15, -0.1) is 0 Å². The number of rotatable bonds is 6. The molecule has 0 amide bonds. The van der Waals surface area contributed by atoms with Crippen LogP contribution < -0.4 is 6.15 Å². The van der Waals surface area contributed by atoms with Crippen molar-refractivity contribution >= 4 is 17.9 Å². The van der Waals surface area contributed by atoms with Crippen molar-refractivity contribution in [3.63, 3.8) is 0 Å². The van der Waals surface area contributed by atoms with E-state index in [2.05, 4.69) is 11.3 Å². The maximum absolute atomic E-state index is 10.8. The van der Waals surface area contributed by atoms with Crippen molar-refractivity contribution in [2.24, 2.45) is 0 Å². The largest absolute Gasteiger partial charge is 0.478 e. The number of hydrogen-bond donors (Lipinski definition) is 3. The van der Waals surface area contributed by atoms with Crippen LogP contribution >= 0.6 is 0 Å². The van der Waals surface area contributed by atoms with Gasteiger partial charge in [0.15, 0.2) is 0 Å². The summed E-state index contributed by atoms with van der Waals surface area (Å²) in [6, 6.07) is 0. The molecule has 0 heterocycles. The van der Waals surface area contributed by atoms with Gasteiger partial charge >= 0.3 is 23.5 Å². The number of carbonyl (C=O) groups excluding carboxylic acids is 1. The minimum atomic E-state index is -2.51. The standard InChI is InChI=1S/C9H12O6.H3N/c1-3-5-9(7(11)12,8(13)14)15-6(10)4-2;/h4H,2-3,5H2,1H3,(H,11,12)(H,13,14);1H3. The molecule has 0 bridgehead atoms. The molecule has 0 fully saturated rings. The first-order chi connectivity index (χ1) is 6.90. The van der Waals surface area contributed by atoms with Crippen LogP contribution in [0, 0.1) is 0 Å². The summed E-state index contributed by atoms with van der Waals surface area (Å²) < 4.78 is 4.39. The lowest BCUT2D eigenvalue weighted by Crippen LogP contribution is -2.50. The van der Waals surface area contributed by atoms with Crippen molar-refractivity contribution in [1.82, 2.24) is 6.15 Å². The van der Waals surface area contributed by atoms with Gasteiger partial charge in [-0.2, -0.15) is 0 Å². The summed E-state index contributed by atoms with van der Waals surface area (Å²) in [4.78, 5) is 32.5. The maximum Gasteiger partial charge on any atom is 0.360 e. The van der Waals surface area contributed by atoms with Gasteiger partial charge in [0.2, 0.25) is 0 Å². The fraction of sp³-hybridized carbons (Fsp3) is 0.444. The van der Waals surface area contributed by atoms with E-state index in [1.54, 1.807) is 6.92 Å². The van der Waals surface area contributed by atoms with Crippen molar-refractivity contribution in [2.45, 2.75) is 25.4 Å². The van der Waals surface area contributed by atoms with E-state index in [-0.39, 0.29) is 19.0 Å². The molecule has 0 aromatic carbocycles. The third-order valence-corrected chi connectivity index (χ3v) is 1.73. The second-order valence-electron chi connectivity index (χ2n) is 2.81. The highest BCUT2D eigenvalue weighted by Crippen LogP contribution is 2.20. The first kappa shape index (κ1) is 16.5. The van der Waals surface area contributed by atoms with Crippen LogP contribution in [0.25, 0.3) is 0 Å². The SMILES string of the molecule is C=CC(=O)OC(CCC)(C(=O)O)C(=O)O.N. The molecule has 0 rings (SSSR count). The molecule has 92 valence electrons. The lowest BCUT2D eigenvalue weighted by Gasteiger charge is -2.23. The Morgan fingerprint density at radius 1 is 1.31 bits per heavy atom. The average molecular weight is 233 g/mol. The highest BCUT2D eigenvalue weighted by atomic mass is 16.6. The summed E-state index contributed by atoms with van der Waals surface area (Å²) in [6.45, 7) is 4.65. The maximum atomic E-state index is 10.8. The molecule has 5 N–H and O–H groups in total. The number of carboxylic acids is 2. The van der Waals surface area contributed by atoms with Gasteiger partial charge in [0.05, 0.1) is 0 Å². The summed E-state index contributed by atoms with van der Waals surface area (Å²) in [5.74, 6) is -4.48. The molecule has 0 aromatic rings. The van der Waals surface area contributed by atoms with E-state index in [1.807, 2.05) is 0 Å². The van der Waals surface area contributed by atoms with E-state index in [0.29, 0.717) is 0 Å². The smallest absolute Gasteiger partial charge is 0.360 e. The Morgan fingerprint density at radius 2 is 1.75 bits per heavy atom. The number of esters is 1. The van der Waals surface area contributed by atoms with Gasteiger partial charge < -0.3 is 21.1 Å². The van der Waals surface area contributed by atoms with Crippen LogP contribution in [0.15, 0.2) is 12.7 Å². The zero-order valence-corrected chi connectivity index (χ0v) is 8.93. The van der Waals surface area contributed by atoms with Crippen LogP contribution in [-0.2, 0) is 19.1 Å². The number of hydrogen-bond acceptors (Lipinski definition) is 5. The predicted octanol–water partition coefficient (Wildman–Crippen LogP) is 0.586. The lowest BCUT2D eigenvalue weighted by atomic mass is 9.98. The van der Waals surface area contributed by atoms with Crippen LogP contribution in [-0.4, -0.2) is 33.7 Å². The third kappa shape index (κ3) is 3.35. The normalized spacial score (nSPS) is 9.81. The van der Waals surface area contributed by atoms with Gasteiger partial charge in [0, 0.05) is 12.5 Å². The number of carboxylic acid groups (broad SMARTS) is 2. The van der Waals surface area contributed by atoms with E-state index in [4.69, 9.17) is 10.2 Å². The van der Waals surface area contributed by atoms with E-state index in [1.165, 1.54) is 0 Å². The highest BCUT2D eigenvalue weighted by molar-refractivity contribution is 6.04. The summed E-state index contributed by atoms with van der Waals surface area (Å²) >= 11 is 0. The quantitative estimate of drug-likeness (QED) is 0.347. The van der Waals surface area contributed by atoms with Crippen LogP contribution in [0.1, 0.15) is 19.8 Å². The summed E-state index contributed by atoms with van der Waals surface area (Å²) in [5.41, 5.74) is -2.51. The monoisotopic (exact) mass is 233 g/mol. The summed E-state index contributed by atoms with van der Waals surface area (Å²) in [5, 5.41) is 17.6. The molecule has 0 saturated carbocycles. The molecular formula is C9H15NO6. The number of ether oxygens (including phenoxy) is 1. The third-order valence-electron chi connectivity index (χ3n) is 1.73. The van der Waals surface area contributed by atoms with E-state index in [9.17, 15) is 14.4 Å². The van der Waals surface area contributed by atoms with E-state index < -0.39 is 23.5 Å². The highest BCUT2D eigenvalue weighted by Gasteiger charge is 2.49. The van der Waals surface area contributed by atoms with Gasteiger partial charge in [0.25, 0.3) is 0 Å². The first-order valence-electron chi connectivity index (χ1n) is 4.23. The average Bonchev–Trinajstić information content (AvgIpc) is 2.15. The Bertz CT molecular complexity index is 284. The fourth-order valence-corrected chi connectivity index (χ4v) is 1.01. The summed E-state index contributed by atoms with van der Waals surface area (Å²) in [6.07, 6.45) is 0.677. The lowest BCUT2D eigenvalue weighted by molar-refractivity contribution is -0.189. The minimum absolute atomic E-state index is 0.